The molecule has 10 heteroatoms. The largest absolute Gasteiger partial charge is 0.455 e. The molecular formula is C36H51N3O7. The highest BCUT2D eigenvalue weighted by Crippen LogP contribution is 2.59. The first-order valence-electron chi connectivity index (χ1n) is 16.9. The van der Waals surface area contributed by atoms with E-state index in [9.17, 15) is 24.3 Å². The van der Waals surface area contributed by atoms with Crippen LogP contribution in [0.2, 0.25) is 0 Å². The third-order valence-corrected chi connectivity index (χ3v) is 9.60. The molecule has 3 fully saturated rings. The number of aliphatic hydroxyl groups excluding tert-OH is 1. The lowest BCUT2D eigenvalue weighted by atomic mass is 9.70. The number of hydrogen-bond donors (Lipinski definition) is 2. The number of aliphatic hydroxyl groups is 1. The topological polar surface area (TPSA) is 125 Å². The number of amides is 3. The summed E-state index contributed by atoms with van der Waals surface area (Å²) < 4.78 is 12.8. The molecule has 252 valence electrons. The van der Waals surface area contributed by atoms with Gasteiger partial charge in [0, 0.05) is 32.7 Å². The highest BCUT2D eigenvalue weighted by Gasteiger charge is 2.75. The van der Waals surface area contributed by atoms with Gasteiger partial charge in [0.05, 0.1) is 24.0 Å². The van der Waals surface area contributed by atoms with Crippen LogP contribution in [0.4, 0.5) is 0 Å². The average molecular weight is 638 g/mol. The molecular weight excluding hydrogens is 586 g/mol. The normalized spacial score (nSPS) is 25.9. The monoisotopic (exact) mass is 637 g/mol. The lowest BCUT2D eigenvalue weighted by Gasteiger charge is -2.37. The minimum atomic E-state index is -1.13. The second-order valence-electron chi connectivity index (χ2n) is 12.8. The van der Waals surface area contributed by atoms with Gasteiger partial charge >= 0.3 is 5.97 Å². The van der Waals surface area contributed by atoms with Crippen molar-refractivity contribution in [3.63, 3.8) is 0 Å². The summed E-state index contributed by atoms with van der Waals surface area (Å²) in [7, 11) is 0. The predicted octanol–water partition coefficient (Wildman–Crippen LogP) is 4.09. The standard InChI is InChI=1S/C36H51N3O7/c1-5-8-18-28(41)37-25(4)31(26-16-12-10-13-17-26)45-35(44)29-27-19-20-36(46-27)30(29)33(42)39(23-14-11-15-24-40)32(36)34(43)38(21-7-3)22-9-6-2/h5,7,10,12-13,16-17,25,27,29-32,40H,1,3,6,8-9,11,14-15,18-24H2,2,4H3,(H,37,41)/t25-,27-,29+,30+,31-,32-,36+/m1/s1. The molecule has 10 nitrogen and oxygen atoms in total. The number of hydrogen-bond acceptors (Lipinski definition) is 7. The molecule has 1 aromatic rings. The van der Waals surface area contributed by atoms with E-state index in [4.69, 9.17) is 9.47 Å². The molecule has 0 saturated carbocycles. The number of allylic oxidation sites excluding steroid dienone is 1. The van der Waals surface area contributed by atoms with Crippen LogP contribution in [-0.2, 0) is 28.7 Å². The number of carbonyl (C=O) groups excluding carboxylic acids is 4. The van der Waals surface area contributed by atoms with Crippen molar-refractivity contribution < 1.29 is 33.8 Å². The van der Waals surface area contributed by atoms with Gasteiger partial charge in [-0.1, -0.05) is 55.8 Å². The zero-order valence-corrected chi connectivity index (χ0v) is 27.4. The number of carbonyl (C=O) groups is 4. The van der Waals surface area contributed by atoms with Gasteiger partial charge in [-0.25, -0.2) is 0 Å². The van der Waals surface area contributed by atoms with Crippen LogP contribution < -0.4 is 5.32 Å². The Hall–Kier alpha value is -3.50. The van der Waals surface area contributed by atoms with E-state index in [2.05, 4.69) is 25.4 Å². The summed E-state index contributed by atoms with van der Waals surface area (Å²) in [5, 5.41) is 12.3. The number of nitrogens with zero attached hydrogens (tertiary/aromatic N) is 2. The summed E-state index contributed by atoms with van der Waals surface area (Å²) in [4.78, 5) is 58.8. The lowest BCUT2D eigenvalue weighted by molar-refractivity contribution is -0.162. The number of unbranched alkanes of at least 4 members (excludes halogenated alkanes) is 3. The molecule has 0 aliphatic carbocycles. The molecule has 1 spiro atoms. The van der Waals surface area contributed by atoms with E-state index in [0.29, 0.717) is 58.2 Å². The van der Waals surface area contributed by atoms with Crippen LogP contribution in [0.3, 0.4) is 0 Å². The van der Waals surface area contributed by atoms with Crippen molar-refractivity contribution in [3.8, 4) is 0 Å². The maximum atomic E-state index is 14.3. The molecule has 3 amide bonds. The van der Waals surface area contributed by atoms with Gasteiger partial charge in [0.15, 0.2) is 0 Å². The number of ether oxygens (including phenoxy) is 2. The highest BCUT2D eigenvalue weighted by atomic mass is 16.6. The fourth-order valence-corrected chi connectivity index (χ4v) is 7.42. The zero-order chi connectivity index (χ0) is 33.3. The molecule has 7 atom stereocenters. The van der Waals surface area contributed by atoms with Gasteiger partial charge in [0.2, 0.25) is 17.7 Å². The molecule has 2 bridgehead atoms. The summed E-state index contributed by atoms with van der Waals surface area (Å²) in [6.07, 6.45) is 7.50. The number of nitrogens with one attached hydrogen (secondary N) is 1. The van der Waals surface area contributed by atoms with Crippen LogP contribution in [0.1, 0.15) is 83.3 Å². The smallest absolute Gasteiger partial charge is 0.313 e. The van der Waals surface area contributed by atoms with Gasteiger partial charge in [-0.15, -0.1) is 13.2 Å². The van der Waals surface area contributed by atoms with Crippen LogP contribution in [0.15, 0.2) is 55.6 Å². The van der Waals surface area contributed by atoms with Gasteiger partial charge in [-0.2, -0.15) is 0 Å². The number of esters is 1. The minimum Gasteiger partial charge on any atom is -0.455 e. The van der Waals surface area contributed by atoms with Crippen LogP contribution in [0.5, 0.6) is 0 Å². The van der Waals surface area contributed by atoms with E-state index in [1.807, 2.05) is 30.3 Å². The minimum absolute atomic E-state index is 0.0570. The van der Waals surface area contributed by atoms with E-state index in [-0.39, 0.29) is 30.7 Å². The summed E-state index contributed by atoms with van der Waals surface area (Å²) in [6, 6.07) is 7.84. The maximum absolute atomic E-state index is 14.3. The Morgan fingerprint density at radius 2 is 1.93 bits per heavy atom. The molecule has 46 heavy (non-hydrogen) atoms. The zero-order valence-electron chi connectivity index (χ0n) is 27.4. The highest BCUT2D eigenvalue weighted by molar-refractivity contribution is 5.98. The predicted molar refractivity (Wildman–Crippen MR) is 174 cm³/mol. The first-order chi connectivity index (χ1) is 22.2. The Morgan fingerprint density at radius 3 is 2.61 bits per heavy atom. The second-order valence-corrected chi connectivity index (χ2v) is 12.8. The Labute approximate surface area is 273 Å². The lowest BCUT2D eigenvalue weighted by Crippen LogP contribution is -2.56. The Balaban J connectivity index is 1.63. The first kappa shape index (κ1) is 35.4. The molecule has 4 rings (SSSR count). The number of likely N-dealkylation sites (tertiary alicyclic amines) is 1. The van der Waals surface area contributed by atoms with E-state index in [0.717, 1.165) is 18.4 Å². The third-order valence-electron chi connectivity index (χ3n) is 9.60. The van der Waals surface area contributed by atoms with Gasteiger partial charge < -0.3 is 29.7 Å². The fraction of sp³-hybridized carbons (Fsp3) is 0.611. The van der Waals surface area contributed by atoms with Crippen LogP contribution in [0, 0.1) is 11.8 Å². The molecule has 3 saturated heterocycles. The van der Waals surface area contributed by atoms with Crippen molar-refractivity contribution in [1.29, 1.82) is 0 Å². The van der Waals surface area contributed by atoms with Crippen LogP contribution in [-0.4, -0.2) is 88.6 Å². The molecule has 1 aromatic carbocycles. The van der Waals surface area contributed by atoms with Crippen molar-refractivity contribution in [2.45, 2.75) is 102 Å². The van der Waals surface area contributed by atoms with E-state index < -0.39 is 47.7 Å². The van der Waals surface area contributed by atoms with Crippen LogP contribution in [0.25, 0.3) is 0 Å². The van der Waals surface area contributed by atoms with Crippen molar-refractivity contribution in [2.75, 3.05) is 26.2 Å². The second kappa shape index (κ2) is 16.4. The summed E-state index contributed by atoms with van der Waals surface area (Å²) >= 11 is 0. The van der Waals surface area contributed by atoms with E-state index in [1.54, 1.807) is 28.9 Å². The van der Waals surface area contributed by atoms with Gasteiger partial charge in [-0.3, -0.25) is 19.2 Å². The first-order valence-corrected chi connectivity index (χ1v) is 16.9. The summed E-state index contributed by atoms with van der Waals surface area (Å²) in [5.74, 6) is -2.91. The molecule has 0 unspecified atom stereocenters. The Bertz CT molecular complexity index is 1240. The van der Waals surface area contributed by atoms with E-state index >= 15 is 0 Å². The van der Waals surface area contributed by atoms with E-state index in [1.165, 1.54) is 0 Å². The van der Waals surface area contributed by atoms with Gasteiger partial charge in [0.1, 0.15) is 17.7 Å². The fourth-order valence-electron chi connectivity index (χ4n) is 7.42. The molecule has 2 N–H and O–H groups in total. The molecule has 3 aliphatic rings. The summed E-state index contributed by atoms with van der Waals surface area (Å²) in [6.45, 7) is 12.7. The maximum Gasteiger partial charge on any atom is 0.313 e. The molecule has 0 aromatic heterocycles. The summed E-state index contributed by atoms with van der Waals surface area (Å²) in [5.41, 5.74) is -0.406. The average Bonchev–Trinajstić information content (AvgIpc) is 3.70. The van der Waals surface area contributed by atoms with Crippen molar-refractivity contribution in [1.82, 2.24) is 15.1 Å². The molecule has 0 radical (unpaired) electrons. The van der Waals surface area contributed by atoms with Gasteiger partial charge in [0.25, 0.3) is 0 Å². The Kier molecular flexibility index (Phi) is 12.6. The third kappa shape index (κ3) is 7.39. The molecule has 3 aliphatic heterocycles. The quantitative estimate of drug-likeness (QED) is 0.133. The van der Waals surface area contributed by atoms with Crippen molar-refractivity contribution in [2.24, 2.45) is 11.8 Å². The van der Waals surface area contributed by atoms with Crippen molar-refractivity contribution in [3.05, 3.63) is 61.2 Å². The SMILES string of the molecule is C=CCCC(=O)N[C@H](C)[C@@H](OC(=O)[C@@H]1[C@H]2C(=O)N(CCCCCO)[C@H](C(=O)N(CC=C)CCCC)[C@]23CC[C@H]1O3)c1ccccc1. The number of benzene rings is 1. The van der Waals surface area contributed by atoms with Gasteiger partial charge in [-0.05, 0) is 57.4 Å². The number of rotatable bonds is 19. The number of fused-ring (bicyclic) bond motifs is 1. The van der Waals surface area contributed by atoms with Crippen molar-refractivity contribution >= 4 is 23.7 Å². The Morgan fingerprint density at radius 1 is 1.17 bits per heavy atom. The van der Waals surface area contributed by atoms with Crippen LogP contribution >= 0.6 is 0 Å². The molecule has 3 heterocycles.